The van der Waals surface area contributed by atoms with Gasteiger partial charge in [0.05, 0.1) is 19.4 Å². The van der Waals surface area contributed by atoms with E-state index in [4.69, 9.17) is 4.74 Å². The number of carbonyl (C=O) groups excluding carboxylic acids is 2. The maximum Gasteiger partial charge on any atom is 0.342 e. The average Bonchev–Trinajstić information content (AvgIpc) is 2.99. The van der Waals surface area contributed by atoms with Gasteiger partial charge in [0.2, 0.25) is 0 Å². The van der Waals surface area contributed by atoms with Crippen LogP contribution in [0.5, 0.6) is 0 Å². The molecule has 1 saturated heterocycles. The first-order valence-electron chi connectivity index (χ1n) is 5.85. The van der Waals surface area contributed by atoms with E-state index < -0.39 is 33.0 Å². The summed E-state index contributed by atoms with van der Waals surface area (Å²) in [5.41, 5.74) is -0.217. The minimum absolute atomic E-state index is 0.103. The van der Waals surface area contributed by atoms with Gasteiger partial charge in [-0.2, -0.15) is 9.82 Å². The van der Waals surface area contributed by atoms with E-state index in [2.05, 4.69) is 19.7 Å². The number of hydrogen-bond donors (Lipinski definition) is 2. The van der Waals surface area contributed by atoms with E-state index in [0.717, 1.165) is 6.20 Å². The molecule has 2 rings (SSSR count). The minimum atomic E-state index is -4.10. The third kappa shape index (κ3) is 2.80. The highest BCUT2D eigenvalue weighted by atomic mass is 32.2. The maximum absolute atomic E-state index is 12.1. The van der Waals surface area contributed by atoms with Gasteiger partial charge in [-0.3, -0.25) is 9.89 Å². The lowest BCUT2D eigenvalue weighted by molar-refractivity contribution is -0.139. The molecule has 0 aromatic carbocycles. The summed E-state index contributed by atoms with van der Waals surface area (Å²) in [6.07, 6.45) is 1.29. The molecule has 10 heteroatoms. The fourth-order valence-corrected chi connectivity index (χ4v) is 2.99. The van der Waals surface area contributed by atoms with E-state index in [-0.39, 0.29) is 25.2 Å². The van der Waals surface area contributed by atoms with E-state index in [1.54, 1.807) is 6.92 Å². The quantitative estimate of drug-likeness (QED) is 0.680. The van der Waals surface area contributed by atoms with Crippen LogP contribution in [0.1, 0.15) is 23.7 Å². The van der Waals surface area contributed by atoms with Crippen LogP contribution in [0.25, 0.3) is 0 Å². The zero-order chi connectivity index (χ0) is 14.8. The monoisotopic (exact) mass is 303 g/mol. The molecule has 1 aromatic heterocycles. The first-order chi connectivity index (χ1) is 9.45. The first kappa shape index (κ1) is 14.5. The maximum atomic E-state index is 12.1. The van der Waals surface area contributed by atoms with Crippen LogP contribution in [0.15, 0.2) is 11.2 Å². The number of esters is 2. The molecule has 0 aliphatic carbocycles. The summed E-state index contributed by atoms with van der Waals surface area (Å²) < 4.78 is 35.8. The molecule has 0 radical (unpaired) electrons. The second-order valence-corrected chi connectivity index (χ2v) is 5.61. The average molecular weight is 303 g/mol. The Morgan fingerprint density at radius 1 is 1.65 bits per heavy atom. The number of aromatic nitrogens is 2. The van der Waals surface area contributed by atoms with Gasteiger partial charge in [0.1, 0.15) is 11.6 Å². The lowest BCUT2D eigenvalue weighted by Crippen LogP contribution is -2.38. The standard InChI is InChI=1S/C10H13N3O6S/c1-2-18-9(14)6-5-11-12-8(6)20(16,17)13-7-3-4-19-10(7)15/h5,7,13H,2-4H2,1H3,(H,11,12). The SMILES string of the molecule is CCOC(=O)c1cn[nH]c1S(=O)(=O)NC1CCOC1=O. The number of nitrogens with one attached hydrogen (secondary N) is 2. The summed E-state index contributed by atoms with van der Waals surface area (Å²) in [7, 11) is -4.10. The Morgan fingerprint density at radius 3 is 3.00 bits per heavy atom. The Kier molecular flexibility index (Phi) is 4.04. The van der Waals surface area contributed by atoms with Crippen LogP contribution in [-0.2, 0) is 24.3 Å². The zero-order valence-electron chi connectivity index (χ0n) is 10.6. The molecule has 1 aliphatic rings. The normalized spacial score (nSPS) is 18.9. The number of sulfonamides is 1. The first-order valence-corrected chi connectivity index (χ1v) is 7.33. The van der Waals surface area contributed by atoms with Crippen LogP contribution in [0.2, 0.25) is 0 Å². The molecule has 2 N–H and O–H groups in total. The summed E-state index contributed by atoms with van der Waals surface area (Å²) in [6, 6.07) is -0.960. The van der Waals surface area contributed by atoms with Crippen molar-refractivity contribution in [2.24, 2.45) is 0 Å². The summed E-state index contributed by atoms with van der Waals surface area (Å²) in [4.78, 5) is 22.9. The number of rotatable bonds is 5. The molecule has 1 aliphatic heterocycles. The Morgan fingerprint density at radius 2 is 2.40 bits per heavy atom. The number of aromatic amines is 1. The molecule has 1 aromatic rings. The van der Waals surface area contributed by atoms with Crippen molar-refractivity contribution in [2.75, 3.05) is 13.2 Å². The fourth-order valence-electron chi connectivity index (χ4n) is 1.68. The second kappa shape index (κ2) is 5.59. The number of nitrogens with zero attached hydrogens (tertiary/aromatic N) is 1. The molecule has 0 saturated carbocycles. The minimum Gasteiger partial charge on any atom is -0.464 e. The van der Waals surface area contributed by atoms with Crippen molar-refractivity contribution in [3.63, 3.8) is 0 Å². The Bertz CT molecular complexity index is 623. The smallest absolute Gasteiger partial charge is 0.342 e. The molecule has 0 amide bonds. The molecule has 2 heterocycles. The molecule has 1 unspecified atom stereocenters. The van der Waals surface area contributed by atoms with Crippen LogP contribution in [0.4, 0.5) is 0 Å². The predicted molar refractivity (Wildman–Crippen MR) is 64.2 cm³/mol. The Labute approximate surface area is 114 Å². The Hall–Kier alpha value is -1.94. The van der Waals surface area contributed by atoms with Crippen molar-refractivity contribution in [1.82, 2.24) is 14.9 Å². The number of H-pyrrole nitrogens is 1. The van der Waals surface area contributed by atoms with Crippen LogP contribution in [0.3, 0.4) is 0 Å². The van der Waals surface area contributed by atoms with Crippen LogP contribution in [-0.4, -0.2) is 49.8 Å². The highest BCUT2D eigenvalue weighted by Gasteiger charge is 2.34. The van der Waals surface area contributed by atoms with Gasteiger partial charge in [-0.15, -0.1) is 0 Å². The van der Waals surface area contributed by atoms with Crippen molar-refractivity contribution >= 4 is 22.0 Å². The number of hydrogen-bond acceptors (Lipinski definition) is 7. The molecular formula is C10H13N3O6S. The largest absolute Gasteiger partial charge is 0.464 e. The molecule has 0 spiro atoms. The molecule has 1 atom stereocenters. The molecule has 0 bridgehead atoms. The van der Waals surface area contributed by atoms with Gasteiger partial charge in [-0.25, -0.2) is 13.2 Å². The molecule has 20 heavy (non-hydrogen) atoms. The lowest BCUT2D eigenvalue weighted by Gasteiger charge is -2.09. The van der Waals surface area contributed by atoms with Crippen molar-refractivity contribution in [1.29, 1.82) is 0 Å². The topological polar surface area (TPSA) is 127 Å². The molecule has 1 fully saturated rings. The molecular weight excluding hydrogens is 290 g/mol. The van der Waals surface area contributed by atoms with Crippen molar-refractivity contribution < 1.29 is 27.5 Å². The highest BCUT2D eigenvalue weighted by molar-refractivity contribution is 7.89. The highest BCUT2D eigenvalue weighted by Crippen LogP contribution is 2.16. The molecule has 9 nitrogen and oxygen atoms in total. The Balaban J connectivity index is 2.24. The predicted octanol–water partition coefficient (Wildman–Crippen LogP) is -0.820. The van der Waals surface area contributed by atoms with Crippen LogP contribution < -0.4 is 4.72 Å². The third-order valence-corrected chi connectivity index (χ3v) is 4.04. The van der Waals surface area contributed by atoms with Crippen molar-refractivity contribution in [3.05, 3.63) is 11.8 Å². The fraction of sp³-hybridized carbons (Fsp3) is 0.500. The van der Waals surface area contributed by atoms with Gasteiger partial charge in [-0.1, -0.05) is 0 Å². The third-order valence-electron chi connectivity index (χ3n) is 2.60. The van der Waals surface area contributed by atoms with Gasteiger partial charge in [0, 0.05) is 6.42 Å². The van der Waals surface area contributed by atoms with E-state index in [9.17, 15) is 18.0 Å². The zero-order valence-corrected chi connectivity index (χ0v) is 11.4. The van der Waals surface area contributed by atoms with E-state index in [0.29, 0.717) is 0 Å². The van der Waals surface area contributed by atoms with Crippen molar-refractivity contribution in [3.8, 4) is 0 Å². The van der Waals surface area contributed by atoms with E-state index in [1.807, 2.05) is 0 Å². The lowest BCUT2D eigenvalue weighted by atomic mass is 10.3. The van der Waals surface area contributed by atoms with Gasteiger partial charge in [0.25, 0.3) is 10.0 Å². The number of cyclic esters (lactones) is 1. The number of ether oxygens (including phenoxy) is 2. The number of carbonyl (C=O) groups is 2. The van der Waals surface area contributed by atoms with Crippen LogP contribution >= 0.6 is 0 Å². The molecule has 110 valence electrons. The second-order valence-electron chi connectivity index (χ2n) is 3.96. The van der Waals surface area contributed by atoms with Crippen molar-refractivity contribution in [2.45, 2.75) is 24.4 Å². The summed E-state index contributed by atoms with van der Waals surface area (Å²) in [6.45, 7) is 1.85. The van der Waals surface area contributed by atoms with E-state index in [1.165, 1.54) is 0 Å². The van der Waals surface area contributed by atoms with Gasteiger partial charge in [0.15, 0.2) is 5.03 Å². The van der Waals surface area contributed by atoms with Gasteiger partial charge >= 0.3 is 11.9 Å². The van der Waals surface area contributed by atoms with E-state index >= 15 is 0 Å². The van der Waals surface area contributed by atoms with Gasteiger partial charge in [-0.05, 0) is 6.92 Å². The summed E-state index contributed by atoms with van der Waals surface area (Å²) in [5.74, 6) is -1.46. The van der Waals surface area contributed by atoms with Crippen LogP contribution in [0, 0.1) is 0 Å². The summed E-state index contributed by atoms with van der Waals surface area (Å²) in [5, 5.41) is 5.31. The summed E-state index contributed by atoms with van der Waals surface area (Å²) >= 11 is 0. The van der Waals surface area contributed by atoms with Gasteiger partial charge < -0.3 is 9.47 Å².